The van der Waals surface area contributed by atoms with Gasteiger partial charge in [0, 0.05) is 24.7 Å². The number of carboxylic acids is 1. The normalized spacial score (nSPS) is 14.9. The number of hydrogen-bond donors (Lipinski definition) is 7. The van der Waals surface area contributed by atoms with Crippen molar-refractivity contribution in [3.8, 4) is 0 Å². The first kappa shape index (κ1) is 31.4. The minimum Gasteiger partial charge on any atom is -0.480 e. The van der Waals surface area contributed by atoms with Crippen LogP contribution in [0.2, 0.25) is 0 Å². The fourth-order valence-electron chi connectivity index (χ4n) is 4.01. The number of carbonyl (C=O) groups is 4. The molecule has 0 aliphatic heterocycles. The molecule has 1 aromatic carbocycles. The second kappa shape index (κ2) is 16.2. The Morgan fingerprint density at radius 2 is 1.67 bits per heavy atom. The largest absolute Gasteiger partial charge is 0.480 e. The lowest BCUT2D eigenvalue weighted by Gasteiger charge is -2.28. The molecular formula is C27H41N7O5. The number of hydrogen-bond acceptors (Lipinski definition) is 7. The average Bonchev–Trinajstić information content (AvgIpc) is 3.44. The van der Waals surface area contributed by atoms with Crippen molar-refractivity contribution in [3.63, 3.8) is 0 Å². The fraction of sp³-hybridized carbons (Fsp3) is 0.519. The predicted octanol–water partition coefficient (Wildman–Crippen LogP) is 0.236. The number of unbranched alkanes of at least 4 members (excludes halogenated alkanes) is 1. The first-order chi connectivity index (χ1) is 18.7. The summed E-state index contributed by atoms with van der Waals surface area (Å²) in [6.45, 7) is 4.20. The maximum atomic E-state index is 13.4. The molecule has 0 fully saturated rings. The number of nitrogens with two attached hydrogens (primary N) is 2. The van der Waals surface area contributed by atoms with Gasteiger partial charge in [0.25, 0.3) is 0 Å². The molecule has 1 heterocycles. The summed E-state index contributed by atoms with van der Waals surface area (Å²) in [5, 5.41) is 17.7. The summed E-state index contributed by atoms with van der Waals surface area (Å²) in [4.78, 5) is 58.2. The smallest absolute Gasteiger partial charge is 0.326 e. The zero-order valence-electron chi connectivity index (χ0n) is 22.6. The minimum absolute atomic E-state index is 0.0367. The molecule has 3 amide bonds. The number of nitrogens with one attached hydrogen (secondary N) is 4. The molecule has 0 radical (unpaired) electrons. The van der Waals surface area contributed by atoms with E-state index in [2.05, 4.69) is 25.9 Å². The highest BCUT2D eigenvalue weighted by atomic mass is 16.4. The molecule has 12 nitrogen and oxygen atoms in total. The topological polar surface area (TPSA) is 205 Å². The maximum Gasteiger partial charge on any atom is 0.326 e. The van der Waals surface area contributed by atoms with Crippen LogP contribution in [0.5, 0.6) is 0 Å². The van der Waals surface area contributed by atoms with E-state index in [1.807, 2.05) is 19.9 Å². The summed E-state index contributed by atoms with van der Waals surface area (Å²) in [6.07, 6.45) is 5.50. The van der Waals surface area contributed by atoms with Crippen LogP contribution in [0.4, 0.5) is 0 Å². The number of rotatable bonds is 17. The van der Waals surface area contributed by atoms with Crippen molar-refractivity contribution in [2.24, 2.45) is 17.4 Å². The van der Waals surface area contributed by atoms with E-state index < -0.39 is 47.9 Å². The minimum atomic E-state index is -1.21. The van der Waals surface area contributed by atoms with Gasteiger partial charge in [0.2, 0.25) is 17.7 Å². The number of nitrogens with zero attached hydrogens (tertiary/aromatic N) is 1. The second-order valence-corrected chi connectivity index (χ2v) is 9.69. The van der Waals surface area contributed by atoms with Gasteiger partial charge in [0.05, 0.1) is 12.4 Å². The van der Waals surface area contributed by atoms with E-state index in [1.165, 1.54) is 12.5 Å². The van der Waals surface area contributed by atoms with Crippen LogP contribution >= 0.6 is 0 Å². The van der Waals surface area contributed by atoms with Crippen molar-refractivity contribution in [1.82, 2.24) is 25.9 Å². The van der Waals surface area contributed by atoms with Crippen molar-refractivity contribution >= 4 is 23.7 Å². The number of aromatic amines is 1. The summed E-state index contributed by atoms with van der Waals surface area (Å²) in [7, 11) is 0. The van der Waals surface area contributed by atoms with Crippen LogP contribution in [-0.4, -0.2) is 69.5 Å². The molecule has 0 aliphatic rings. The van der Waals surface area contributed by atoms with E-state index in [0.717, 1.165) is 12.0 Å². The van der Waals surface area contributed by atoms with Gasteiger partial charge >= 0.3 is 5.97 Å². The number of benzene rings is 1. The number of aromatic nitrogens is 2. The highest BCUT2D eigenvalue weighted by molar-refractivity contribution is 5.94. The van der Waals surface area contributed by atoms with Gasteiger partial charge in [0.1, 0.15) is 18.1 Å². The monoisotopic (exact) mass is 543 g/mol. The van der Waals surface area contributed by atoms with Gasteiger partial charge in [0.15, 0.2) is 0 Å². The number of carbonyl (C=O) groups excluding carboxylic acids is 3. The van der Waals surface area contributed by atoms with Crippen molar-refractivity contribution in [2.45, 2.75) is 76.5 Å². The molecule has 2 rings (SSSR count). The molecular weight excluding hydrogens is 502 g/mol. The Labute approximate surface area is 228 Å². The predicted molar refractivity (Wildman–Crippen MR) is 146 cm³/mol. The van der Waals surface area contributed by atoms with E-state index in [4.69, 9.17) is 11.5 Å². The van der Waals surface area contributed by atoms with Crippen LogP contribution in [0.3, 0.4) is 0 Å². The molecule has 5 unspecified atom stereocenters. The first-order valence-corrected chi connectivity index (χ1v) is 13.3. The third-order valence-electron chi connectivity index (χ3n) is 6.61. The standard InChI is InChI=1S/C27H41N7O5/c1-3-17(2)23(34-24(35)20(29)11-7-8-12-28)26(37)32-21(14-19-15-30-16-31-19)25(36)33-22(27(38)39)13-18-9-5-4-6-10-18/h4-6,9-10,15-17,20-23H,3,7-8,11-14,28-29H2,1-2H3,(H,30,31)(H,32,37)(H,33,36)(H,34,35)(H,38,39). The Balaban J connectivity index is 2.18. The van der Waals surface area contributed by atoms with Crippen molar-refractivity contribution < 1.29 is 24.3 Å². The molecule has 12 heteroatoms. The van der Waals surface area contributed by atoms with E-state index >= 15 is 0 Å². The average molecular weight is 544 g/mol. The van der Waals surface area contributed by atoms with Crippen LogP contribution < -0.4 is 27.4 Å². The van der Waals surface area contributed by atoms with E-state index in [-0.39, 0.29) is 18.8 Å². The van der Waals surface area contributed by atoms with Gasteiger partial charge in [-0.05, 0) is 30.9 Å². The van der Waals surface area contributed by atoms with Gasteiger partial charge < -0.3 is 37.5 Å². The molecule has 0 spiro atoms. The number of carboxylic acid groups (broad SMARTS) is 1. The summed E-state index contributed by atoms with van der Waals surface area (Å²) in [6, 6.07) is 4.84. The lowest BCUT2D eigenvalue weighted by molar-refractivity contribution is -0.142. The third kappa shape index (κ3) is 10.5. The molecule has 0 saturated carbocycles. The van der Waals surface area contributed by atoms with Gasteiger partial charge in [-0.25, -0.2) is 9.78 Å². The molecule has 2 aromatic rings. The lowest BCUT2D eigenvalue weighted by atomic mass is 9.96. The zero-order valence-corrected chi connectivity index (χ0v) is 22.6. The number of H-pyrrole nitrogens is 1. The van der Waals surface area contributed by atoms with Crippen LogP contribution in [0, 0.1) is 5.92 Å². The number of imidazole rings is 1. The first-order valence-electron chi connectivity index (χ1n) is 13.3. The van der Waals surface area contributed by atoms with Crippen molar-refractivity contribution in [3.05, 3.63) is 54.1 Å². The number of amides is 3. The molecule has 39 heavy (non-hydrogen) atoms. The Bertz CT molecular complexity index is 1050. The Hall–Kier alpha value is -3.77. The fourth-order valence-corrected chi connectivity index (χ4v) is 4.01. The Kier molecular flexibility index (Phi) is 13.1. The third-order valence-corrected chi connectivity index (χ3v) is 6.61. The van der Waals surface area contributed by atoms with Crippen LogP contribution in [0.25, 0.3) is 0 Å². The van der Waals surface area contributed by atoms with E-state index in [0.29, 0.717) is 31.5 Å². The Morgan fingerprint density at radius 3 is 2.26 bits per heavy atom. The summed E-state index contributed by atoms with van der Waals surface area (Å²) < 4.78 is 0. The van der Waals surface area contributed by atoms with E-state index in [1.54, 1.807) is 24.3 Å². The van der Waals surface area contributed by atoms with Gasteiger partial charge in [-0.2, -0.15) is 0 Å². The summed E-state index contributed by atoms with van der Waals surface area (Å²) >= 11 is 0. The van der Waals surface area contributed by atoms with Crippen LogP contribution in [-0.2, 0) is 32.0 Å². The Morgan fingerprint density at radius 1 is 0.974 bits per heavy atom. The second-order valence-electron chi connectivity index (χ2n) is 9.69. The van der Waals surface area contributed by atoms with Crippen LogP contribution in [0.1, 0.15) is 50.8 Å². The number of aliphatic carboxylic acids is 1. The molecule has 1 aromatic heterocycles. The molecule has 5 atom stereocenters. The summed E-state index contributed by atoms with van der Waals surface area (Å²) in [5.41, 5.74) is 12.8. The van der Waals surface area contributed by atoms with E-state index in [9.17, 15) is 24.3 Å². The zero-order chi connectivity index (χ0) is 28.8. The molecule has 214 valence electrons. The van der Waals surface area contributed by atoms with Gasteiger partial charge in [-0.3, -0.25) is 14.4 Å². The van der Waals surface area contributed by atoms with Crippen molar-refractivity contribution in [2.75, 3.05) is 6.54 Å². The van der Waals surface area contributed by atoms with Gasteiger partial charge in [-0.15, -0.1) is 0 Å². The van der Waals surface area contributed by atoms with Gasteiger partial charge in [-0.1, -0.05) is 57.0 Å². The molecule has 0 bridgehead atoms. The van der Waals surface area contributed by atoms with Crippen LogP contribution in [0.15, 0.2) is 42.9 Å². The SMILES string of the molecule is CCC(C)C(NC(=O)C(N)CCCCN)C(=O)NC(Cc1cnc[nH]1)C(=O)NC(Cc1ccccc1)C(=O)O. The maximum absolute atomic E-state index is 13.4. The summed E-state index contributed by atoms with van der Waals surface area (Å²) in [5.74, 6) is -3.16. The highest BCUT2D eigenvalue weighted by Gasteiger charge is 2.32. The lowest BCUT2D eigenvalue weighted by Crippen LogP contribution is -2.59. The molecule has 9 N–H and O–H groups in total. The van der Waals surface area contributed by atoms with Crippen molar-refractivity contribution in [1.29, 1.82) is 0 Å². The molecule has 0 aliphatic carbocycles. The highest BCUT2D eigenvalue weighted by Crippen LogP contribution is 2.11. The quantitative estimate of drug-likeness (QED) is 0.137. The molecule has 0 saturated heterocycles.